The van der Waals surface area contributed by atoms with Crippen LogP contribution >= 0.6 is 0 Å². The first kappa shape index (κ1) is 15.4. The zero-order valence-corrected chi connectivity index (χ0v) is 12.5. The molecule has 1 atom stereocenters. The van der Waals surface area contributed by atoms with Gasteiger partial charge in [-0.1, -0.05) is 38.7 Å². The van der Waals surface area contributed by atoms with Crippen LogP contribution in [0, 0.1) is 24.5 Å². The van der Waals surface area contributed by atoms with Gasteiger partial charge in [0.1, 0.15) is 11.6 Å². The summed E-state index contributed by atoms with van der Waals surface area (Å²) in [5.74, 6) is -0.452. The van der Waals surface area contributed by atoms with E-state index in [1.165, 1.54) is 37.8 Å². The summed E-state index contributed by atoms with van der Waals surface area (Å²) in [6.07, 6.45) is 6.94. The lowest BCUT2D eigenvalue weighted by molar-refractivity contribution is 0.313. The molecular weight excluding hydrogens is 256 g/mol. The van der Waals surface area contributed by atoms with Crippen LogP contribution in [0.4, 0.5) is 8.78 Å². The van der Waals surface area contributed by atoms with Gasteiger partial charge in [-0.2, -0.15) is 0 Å². The van der Waals surface area contributed by atoms with Gasteiger partial charge in [0.2, 0.25) is 0 Å². The molecule has 20 heavy (non-hydrogen) atoms. The second-order valence-corrected chi connectivity index (χ2v) is 5.88. The van der Waals surface area contributed by atoms with Crippen molar-refractivity contribution in [2.24, 2.45) is 5.92 Å². The highest BCUT2D eigenvalue weighted by molar-refractivity contribution is 5.29. The summed E-state index contributed by atoms with van der Waals surface area (Å²) in [4.78, 5) is 0. The molecule has 2 rings (SSSR count). The van der Waals surface area contributed by atoms with E-state index in [-0.39, 0.29) is 17.4 Å². The van der Waals surface area contributed by atoms with Gasteiger partial charge in [-0.25, -0.2) is 8.78 Å². The number of hydrogen-bond acceptors (Lipinski definition) is 1. The fourth-order valence-corrected chi connectivity index (χ4v) is 3.33. The molecule has 1 aliphatic carbocycles. The van der Waals surface area contributed by atoms with Crippen molar-refractivity contribution in [1.82, 2.24) is 5.32 Å². The summed E-state index contributed by atoms with van der Waals surface area (Å²) in [6.45, 7) is 4.43. The molecule has 1 N–H and O–H groups in total. The quantitative estimate of drug-likeness (QED) is 0.774. The van der Waals surface area contributed by atoms with Crippen molar-refractivity contribution in [1.29, 1.82) is 0 Å². The van der Waals surface area contributed by atoms with E-state index >= 15 is 0 Å². The highest BCUT2D eigenvalue weighted by Gasteiger charge is 2.28. The van der Waals surface area contributed by atoms with Crippen molar-refractivity contribution in [3.05, 3.63) is 34.9 Å². The van der Waals surface area contributed by atoms with Crippen molar-refractivity contribution >= 4 is 0 Å². The Morgan fingerprint density at radius 3 is 2.40 bits per heavy atom. The maximum Gasteiger partial charge on any atom is 0.133 e. The molecule has 0 radical (unpaired) electrons. The van der Waals surface area contributed by atoms with Crippen LogP contribution in [-0.2, 0) is 0 Å². The third kappa shape index (κ3) is 3.38. The van der Waals surface area contributed by atoms with Gasteiger partial charge in [0.15, 0.2) is 0 Å². The third-order valence-corrected chi connectivity index (χ3v) is 4.43. The molecule has 112 valence electrons. The lowest BCUT2D eigenvalue weighted by Gasteiger charge is -2.28. The first-order valence-corrected chi connectivity index (χ1v) is 7.83. The molecule has 0 heterocycles. The zero-order chi connectivity index (χ0) is 14.5. The van der Waals surface area contributed by atoms with E-state index < -0.39 is 5.82 Å². The van der Waals surface area contributed by atoms with E-state index in [0.717, 1.165) is 19.4 Å². The van der Waals surface area contributed by atoms with Crippen LogP contribution in [0.3, 0.4) is 0 Å². The molecular formula is C17H25F2N. The standard InChI is InChI=1S/C17H25F2N/c1-3-20-17(13-8-6-4-5-7-9-13)15-14(18)11-10-12(2)16(15)19/h10-11,13,17,20H,3-9H2,1-2H3. The van der Waals surface area contributed by atoms with Gasteiger partial charge in [-0.05, 0) is 43.9 Å². The number of hydrogen-bond donors (Lipinski definition) is 1. The minimum atomic E-state index is -0.414. The molecule has 3 heteroatoms. The van der Waals surface area contributed by atoms with Crippen molar-refractivity contribution in [3.63, 3.8) is 0 Å². The Hall–Kier alpha value is -0.960. The molecule has 1 fully saturated rings. The van der Waals surface area contributed by atoms with E-state index in [4.69, 9.17) is 0 Å². The lowest BCUT2D eigenvalue weighted by atomic mass is 9.86. The van der Waals surface area contributed by atoms with Gasteiger partial charge in [0.05, 0.1) is 0 Å². The molecule has 0 aliphatic heterocycles. The predicted octanol–water partition coefficient (Wildman–Crippen LogP) is 4.89. The highest BCUT2D eigenvalue weighted by atomic mass is 19.1. The van der Waals surface area contributed by atoms with Crippen molar-refractivity contribution in [2.45, 2.75) is 58.4 Å². The number of benzene rings is 1. The van der Waals surface area contributed by atoms with E-state index in [2.05, 4.69) is 5.32 Å². The summed E-state index contributed by atoms with van der Waals surface area (Å²) in [5, 5.41) is 3.33. The summed E-state index contributed by atoms with van der Waals surface area (Å²) in [5.41, 5.74) is 0.775. The summed E-state index contributed by atoms with van der Waals surface area (Å²) < 4.78 is 28.6. The number of nitrogens with one attached hydrogen (secondary N) is 1. The first-order valence-electron chi connectivity index (χ1n) is 7.83. The second kappa shape index (κ2) is 7.16. The van der Waals surface area contributed by atoms with Gasteiger partial charge in [0, 0.05) is 11.6 Å². The minimum absolute atomic E-state index is 0.196. The van der Waals surface area contributed by atoms with Gasteiger partial charge < -0.3 is 5.32 Å². The molecule has 1 nitrogen and oxygen atoms in total. The van der Waals surface area contributed by atoms with Gasteiger partial charge in [0.25, 0.3) is 0 Å². The fraction of sp³-hybridized carbons (Fsp3) is 0.647. The second-order valence-electron chi connectivity index (χ2n) is 5.88. The summed E-state index contributed by atoms with van der Waals surface area (Å²) >= 11 is 0. The Morgan fingerprint density at radius 2 is 1.80 bits per heavy atom. The van der Waals surface area contributed by atoms with Crippen LogP contribution in [-0.4, -0.2) is 6.54 Å². The Labute approximate surface area is 120 Å². The molecule has 1 saturated carbocycles. The fourth-order valence-electron chi connectivity index (χ4n) is 3.33. The summed E-state index contributed by atoms with van der Waals surface area (Å²) in [6, 6.07) is 2.72. The minimum Gasteiger partial charge on any atom is -0.310 e. The molecule has 0 amide bonds. The molecule has 0 saturated heterocycles. The van der Waals surface area contributed by atoms with E-state index in [0.29, 0.717) is 11.5 Å². The highest BCUT2D eigenvalue weighted by Crippen LogP contribution is 2.36. The molecule has 0 aromatic heterocycles. The molecule has 1 unspecified atom stereocenters. The molecule has 1 aromatic rings. The Balaban J connectivity index is 2.34. The molecule has 0 spiro atoms. The Morgan fingerprint density at radius 1 is 1.15 bits per heavy atom. The van der Waals surface area contributed by atoms with Crippen LogP contribution in [0.25, 0.3) is 0 Å². The van der Waals surface area contributed by atoms with Crippen molar-refractivity contribution in [3.8, 4) is 0 Å². The van der Waals surface area contributed by atoms with Crippen LogP contribution in [0.1, 0.15) is 62.6 Å². The van der Waals surface area contributed by atoms with Crippen molar-refractivity contribution < 1.29 is 8.78 Å². The van der Waals surface area contributed by atoms with Gasteiger partial charge in [-0.15, -0.1) is 0 Å². The number of rotatable bonds is 4. The zero-order valence-electron chi connectivity index (χ0n) is 12.5. The third-order valence-electron chi connectivity index (χ3n) is 4.43. The Kier molecular flexibility index (Phi) is 5.53. The van der Waals surface area contributed by atoms with Gasteiger partial charge >= 0.3 is 0 Å². The number of aryl methyl sites for hydroxylation is 1. The average molecular weight is 281 g/mol. The monoisotopic (exact) mass is 281 g/mol. The van der Waals surface area contributed by atoms with Crippen LogP contribution in [0.5, 0.6) is 0 Å². The predicted molar refractivity (Wildman–Crippen MR) is 78.7 cm³/mol. The van der Waals surface area contributed by atoms with Gasteiger partial charge in [-0.3, -0.25) is 0 Å². The van der Waals surface area contributed by atoms with E-state index in [9.17, 15) is 8.78 Å². The normalized spacial score (nSPS) is 18.8. The summed E-state index contributed by atoms with van der Waals surface area (Å²) in [7, 11) is 0. The first-order chi connectivity index (χ1) is 9.65. The van der Waals surface area contributed by atoms with Crippen LogP contribution < -0.4 is 5.32 Å². The maximum atomic E-state index is 14.4. The Bertz CT molecular complexity index is 437. The van der Waals surface area contributed by atoms with E-state index in [1.807, 2.05) is 6.92 Å². The molecule has 1 aliphatic rings. The largest absolute Gasteiger partial charge is 0.310 e. The number of halogens is 2. The smallest absolute Gasteiger partial charge is 0.133 e. The van der Waals surface area contributed by atoms with E-state index in [1.54, 1.807) is 6.92 Å². The maximum absolute atomic E-state index is 14.4. The van der Waals surface area contributed by atoms with Crippen molar-refractivity contribution in [2.75, 3.05) is 6.54 Å². The molecule has 0 bridgehead atoms. The van der Waals surface area contributed by atoms with Crippen LogP contribution in [0.2, 0.25) is 0 Å². The average Bonchev–Trinajstić information content (AvgIpc) is 2.71. The topological polar surface area (TPSA) is 12.0 Å². The molecule has 1 aromatic carbocycles. The SMILES string of the molecule is CCNC(c1c(F)ccc(C)c1F)C1CCCCCC1. The van der Waals surface area contributed by atoms with Crippen LogP contribution in [0.15, 0.2) is 12.1 Å². The lowest BCUT2D eigenvalue weighted by Crippen LogP contribution is -2.30.